The van der Waals surface area contributed by atoms with Gasteiger partial charge in [-0.2, -0.15) is 0 Å². The lowest BCUT2D eigenvalue weighted by Crippen LogP contribution is -2.03. The monoisotopic (exact) mass is 344 g/mol. The molecule has 0 bridgehead atoms. The molecule has 0 aromatic heterocycles. The van der Waals surface area contributed by atoms with Crippen LogP contribution in [0.4, 0.5) is 0 Å². The van der Waals surface area contributed by atoms with Crippen molar-refractivity contribution in [2.24, 2.45) is 0 Å². The van der Waals surface area contributed by atoms with Crippen LogP contribution in [0, 0.1) is 0 Å². The summed E-state index contributed by atoms with van der Waals surface area (Å²) in [6, 6.07) is 28.2. The van der Waals surface area contributed by atoms with E-state index in [-0.39, 0.29) is 0 Å². The molecule has 0 atom stereocenters. The summed E-state index contributed by atoms with van der Waals surface area (Å²) in [5, 5.41) is 0. The average molecular weight is 344 g/mol. The lowest BCUT2D eigenvalue weighted by molar-refractivity contribution is 0.615. The molecule has 1 heterocycles. The smallest absolute Gasteiger partial charge is 0.208 e. The lowest BCUT2D eigenvalue weighted by atomic mass is 10.0. The van der Waals surface area contributed by atoms with E-state index in [2.05, 4.69) is 0 Å². The Morgan fingerprint density at radius 3 is 1.48 bits per heavy atom. The average Bonchev–Trinajstić information content (AvgIpc) is 2.95. The Morgan fingerprint density at radius 1 is 0.520 bits per heavy atom. The van der Waals surface area contributed by atoms with Gasteiger partial charge in [-0.1, -0.05) is 91.0 Å². The van der Waals surface area contributed by atoms with Gasteiger partial charge in [-0.05, 0) is 22.8 Å². The first kappa shape index (κ1) is 15.6. The molecule has 1 aliphatic heterocycles. The topological polar surface area (TPSA) is 34.1 Å². The third kappa shape index (κ3) is 2.73. The van der Waals surface area contributed by atoms with Crippen LogP contribution >= 0.6 is 0 Å². The molecular weight excluding hydrogens is 328 g/mol. The minimum Gasteiger partial charge on any atom is -0.218 e. The zero-order valence-corrected chi connectivity index (χ0v) is 14.3. The minimum atomic E-state index is -3.59. The van der Waals surface area contributed by atoms with Crippen molar-refractivity contribution in [1.29, 1.82) is 0 Å². The predicted octanol–water partition coefficient (Wildman–Crippen LogP) is 5.02. The molecule has 4 rings (SSSR count). The van der Waals surface area contributed by atoms with E-state index in [1.165, 1.54) is 0 Å². The summed E-state index contributed by atoms with van der Waals surface area (Å²) in [6.07, 6.45) is 1.79. The molecule has 1 aliphatic rings. The molecule has 0 unspecified atom stereocenters. The highest BCUT2D eigenvalue weighted by molar-refractivity contribution is 8.09. The van der Waals surface area contributed by atoms with Crippen molar-refractivity contribution in [2.45, 2.75) is 0 Å². The van der Waals surface area contributed by atoms with E-state index in [9.17, 15) is 8.42 Å². The summed E-state index contributed by atoms with van der Waals surface area (Å²) in [6.45, 7) is 0. The zero-order chi connectivity index (χ0) is 17.3. The number of hydrogen-bond acceptors (Lipinski definition) is 2. The van der Waals surface area contributed by atoms with E-state index in [0.717, 1.165) is 11.1 Å². The summed E-state index contributed by atoms with van der Waals surface area (Å²) >= 11 is 0. The second-order valence-electron chi connectivity index (χ2n) is 5.85. The second kappa shape index (κ2) is 6.19. The van der Waals surface area contributed by atoms with Gasteiger partial charge in [0.05, 0.1) is 9.81 Å². The van der Waals surface area contributed by atoms with Crippen LogP contribution in [0.2, 0.25) is 0 Å². The summed E-state index contributed by atoms with van der Waals surface area (Å²) < 4.78 is 26.7. The fourth-order valence-corrected chi connectivity index (χ4v) is 4.95. The van der Waals surface area contributed by atoms with Gasteiger partial charge < -0.3 is 0 Å². The standard InChI is InChI=1S/C22H16O2S/c23-25(24)21(18-12-6-2-7-13-18)16-20(17-10-4-1-5-11-17)22(25)19-14-8-3-9-15-19/h1-16H. The first-order chi connectivity index (χ1) is 12.2. The van der Waals surface area contributed by atoms with Crippen LogP contribution in [0.15, 0.2) is 97.1 Å². The van der Waals surface area contributed by atoms with Crippen LogP contribution in [-0.4, -0.2) is 8.42 Å². The Balaban J connectivity index is 1.99. The maximum atomic E-state index is 13.4. The van der Waals surface area contributed by atoms with Gasteiger partial charge in [0.25, 0.3) is 0 Å². The summed E-state index contributed by atoms with van der Waals surface area (Å²) in [4.78, 5) is 0.726. The van der Waals surface area contributed by atoms with Gasteiger partial charge in [-0.15, -0.1) is 0 Å². The van der Waals surface area contributed by atoms with Crippen molar-refractivity contribution >= 4 is 25.2 Å². The second-order valence-corrected chi connectivity index (χ2v) is 7.71. The number of hydrogen-bond donors (Lipinski definition) is 0. The molecule has 2 nitrogen and oxygen atoms in total. The van der Waals surface area contributed by atoms with Crippen LogP contribution in [0.5, 0.6) is 0 Å². The largest absolute Gasteiger partial charge is 0.218 e. The van der Waals surface area contributed by atoms with Crippen molar-refractivity contribution in [3.8, 4) is 0 Å². The SMILES string of the molecule is O=S1(=O)C(c2ccccc2)=CC(c2ccccc2)=C1c1ccccc1. The van der Waals surface area contributed by atoms with Crippen molar-refractivity contribution in [2.75, 3.05) is 0 Å². The van der Waals surface area contributed by atoms with E-state index in [1.807, 2.05) is 91.0 Å². The van der Waals surface area contributed by atoms with E-state index in [4.69, 9.17) is 0 Å². The molecule has 25 heavy (non-hydrogen) atoms. The van der Waals surface area contributed by atoms with Crippen LogP contribution in [0.1, 0.15) is 16.7 Å². The molecule has 0 aliphatic carbocycles. The van der Waals surface area contributed by atoms with Gasteiger partial charge in [0.1, 0.15) is 0 Å². The van der Waals surface area contributed by atoms with Crippen LogP contribution in [-0.2, 0) is 9.84 Å². The molecule has 3 heteroatoms. The molecule has 0 N–H and O–H groups in total. The summed E-state index contributed by atoms with van der Waals surface area (Å²) in [5.74, 6) is 0. The Morgan fingerprint density at radius 2 is 0.960 bits per heavy atom. The van der Waals surface area contributed by atoms with Crippen LogP contribution in [0.3, 0.4) is 0 Å². The molecule has 0 saturated carbocycles. The van der Waals surface area contributed by atoms with Gasteiger partial charge in [-0.25, -0.2) is 8.42 Å². The van der Waals surface area contributed by atoms with E-state index in [1.54, 1.807) is 6.08 Å². The third-order valence-electron chi connectivity index (χ3n) is 4.26. The molecule has 0 saturated heterocycles. The molecule has 0 amide bonds. The Kier molecular flexibility index (Phi) is 3.86. The van der Waals surface area contributed by atoms with Crippen molar-refractivity contribution < 1.29 is 8.42 Å². The van der Waals surface area contributed by atoms with Crippen LogP contribution < -0.4 is 0 Å². The first-order valence-electron chi connectivity index (χ1n) is 8.05. The van der Waals surface area contributed by atoms with Crippen LogP contribution in [0.25, 0.3) is 15.4 Å². The third-order valence-corrected chi connectivity index (χ3v) is 6.18. The highest BCUT2D eigenvalue weighted by atomic mass is 32.2. The van der Waals surface area contributed by atoms with E-state index < -0.39 is 9.84 Å². The van der Waals surface area contributed by atoms with Gasteiger partial charge in [0.2, 0.25) is 9.84 Å². The number of allylic oxidation sites excluding steroid dienone is 2. The molecule has 3 aromatic rings. The molecular formula is C22H16O2S. The molecule has 3 aromatic carbocycles. The normalized spacial score (nSPS) is 15.9. The number of benzene rings is 3. The Labute approximate surface area is 147 Å². The van der Waals surface area contributed by atoms with Crippen molar-refractivity contribution in [3.05, 3.63) is 114 Å². The maximum absolute atomic E-state index is 13.4. The number of sulfone groups is 1. The molecule has 0 fully saturated rings. The fraction of sp³-hybridized carbons (Fsp3) is 0. The zero-order valence-electron chi connectivity index (χ0n) is 13.5. The van der Waals surface area contributed by atoms with Gasteiger partial charge in [0, 0.05) is 5.57 Å². The van der Waals surface area contributed by atoms with Gasteiger partial charge in [0.15, 0.2) is 0 Å². The molecule has 122 valence electrons. The first-order valence-corrected chi connectivity index (χ1v) is 9.53. The van der Waals surface area contributed by atoms with Crippen molar-refractivity contribution in [3.63, 3.8) is 0 Å². The molecule has 0 spiro atoms. The highest BCUT2D eigenvalue weighted by Gasteiger charge is 2.34. The quantitative estimate of drug-likeness (QED) is 0.668. The minimum absolute atomic E-state index is 0.353. The summed E-state index contributed by atoms with van der Waals surface area (Å²) in [5.41, 5.74) is 3.06. The Hall–Kier alpha value is -2.91. The fourth-order valence-electron chi connectivity index (χ4n) is 3.10. The van der Waals surface area contributed by atoms with Crippen molar-refractivity contribution in [1.82, 2.24) is 0 Å². The van der Waals surface area contributed by atoms with E-state index >= 15 is 0 Å². The summed E-state index contributed by atoms with van der Waals surface area (Å²) in [7, 11) is -3.59. The highest BCUT2D eigenvalue weighted by Crippen LogP contribution is 2.45. The maximum Gasteiger partial charge on any atom is 0.208 e. The van der Waals surface area contributed by atoms with Gasteiger partial charge in [-0.3, -0.25) is 0 Å². The lowest BCUT2D eigenvalue weighted by Gasteiger charge is -2.09. The Bertz CT molecular complexity index is 1060. The molecule has 0 radical (unpaired) electrons. The number of rotatable bonds is 3. The van der Waals surface area contributed by atoms with Gasteiger partial charge >= 0.3 is 0 Å². The predicted molar refractivity (Wildman–Crippen MR) is 103 cm³/mol. The van der Waals surface area contributed by atoms with E-state index in [0.29, 0.717) is 20.9 Å².